The summed E-state index contributed by atoms with van der Waals surface area (Å²) in [5.41, 5.74) is 1.56. The van der Waals surface area contributed by atoms with E-state index in [1.54, 1.807) is 12.1 Å². The molecule has 2 aliphatic rings. The monoisotopic (exact) mass is 462 g/mol. The highest BCUT2D eigenvalue weighted by Gasteiger charge is 2.35. The molecule has 0 spiro atoms. The molecule has 0 amide bonds. The first-order valence-corrected chi connectivity index (χ1v) is 12.5. The van der Waals surface area contributed by atoms with E-state index in [2.05, 4.69) is 24.5 Å². The Kier molecular flexibility index (Phi) is 7.99. The van der Waals surface area contributed by atoms with Gasteiger partial charge in [0.05, 0.1) is 5.56 Å². The summed E-state index contributed by atoms with van der Waals surface area (Å²) < 4.78 is 43.6. The van der Waals surface area contributed by atoms with Gasteiger partial charge >= 0.3 is 0 Å². The van der Waals surface area contributed by atoms with Gasteiger partial charge in [0.15, 0.2) is 0 Å². The van der Waals surface area contributed by atoms with Crippen molar-refractivity contribution in [3.8, 4) is 11.8 Å². The fourth-order valence-corrected chi connectivity index (χ4v) is 5.78. The van der Waals surface area contributed by atoms with Crippen LogP contribution in [0, 0.1) is 47.0 Å². The van der Waals surface area contributed by atoms with Crippen molar-refractivity contribution in [3.05, 3.63) is 94.8 Å². The lowest BCUT2D eigenvalue weighted by molar-refractivity contribution is 0.133. The van der Waals surface area contributed by atoms with Crippen molar-refractivity contribution in [3.63, 3.8) is 0 Å². The summed E-state index contributed by atoms with van der Waals surface area (Å²) >= 11 is 0. The Morgan fingerprint density at radius 2 is 1.65 bits per heavy atom. The molecular formula is C31H33F3. The maximum absolute atomic E-state index is 14.9. The van der Waals surface area contributed by atoms with Gasteiger partial charge in [-0.25, -0.2) is 13.2 Å². The third kappa shape index (κ3) is 5.66. The van der Waals surface area contributed by atoms with Gasteiger partial charge in [0.1, 0.15) is 17.5 Å². The van der Waals surface area contributed by atoms with E-state index in [1.165, 1.54) is 37.8 Å². The molecule has 0 bridgehead atoms. The zero-order valence-corrected chi connectivity index (χ0v) is 19.9. The normalized spacial score (nSPS) is 24.4. The molecule has 0 nitrogen and oxygen atoms in total. The third-order valence-corrected chi connectivity index (χ3v) is 7.73. The summed E-state index contributed by atoms with van der Waals surface area (Å²) in [6.45, 7) is 5.84. The zero-order chi connectivity index (χ0) is 24.1. The number of allylic oxidation sites excluding steroid dienone is 3. The zero-order valence-electron chi connectivity index (χ0n) is 19.9. The maximum atomic E-state index is 14.9. The van der Waals surface area contributed by atoms with Gasteiger partial charge in [0.25, 0.3) is 0 Å². The predicted molar refractivity (Wildman–Crippen MR) is 133 cm³/mol. The van der Waals surface area contributed by atoms with Crippen molar-refractivity contribution < 1.29 is 13.2 Å². The number of fused-ring (bicyclic) bond motifs is 1. The Hall–Kier alpha value is -2.73. The van der Waals surface area contributed by atoms with Crippen LogP contribution >= 0.6 is 0 Å². The number of rotatable bonds is 5. The molecule has 0 aliphatic heterocycles. The first-order chi connectivity index (χ1) is 16.5. The molecule has 178 valence electrons. The Morgan fingerprint density at radius 1 is 0.912 bits per heavy atom. The van der Waals surface area contributed by atoms with Crippen molar-refractivity contribution in [2.24, 2.45) is 17.8 Å². The van der Waals surface area contributed by atoms with Gasteiger partial charge in [-0.15, -0.1) is 6.58 Å². The highest BCUT2D eigenvalue weighted by molar-refractivity contribution is 5.46. The van der Waals surface area contributed by atoms with Crippen molar-refractivity contribution in [1.82, 2.24) is 0 Å². The summed E-state index contributed by atoms with van der Waals surface area (Å²) in [5, 5.41) is 0. The van der Waals surface area contributed by atoms with Crippen LogP contribution in [0.15, 0.2) is 55.1 Å². The van der Waals surface area contributed by atoms with Crippen molar-refractivity contribution in [2.75, 3.05) is 0 Å². The van der Waals surface area contributed by atoms with Gasteiger partial charge in [-0.05, 0) is 112 Å². The van der Waals surface area contributed by atoms with E-state index >= 15 is 0 Å². The van der Waals surface area contributed by atoms with Gasteiger partial charge in [-0.3, -0.25) is 0 Å². The topological polar surface area (TPSA) is 0 Å². The second-order valence-electron chi connectivity index (χ2n) is 9.85. The minimum Gasteiger partial charge on any atom is -0.207 e. The van der Waals surface area contributed by atoms with E-state index in [4.69, 9.17) is 0 Å². The molecule has 0 radical (unpaired) electrons. The first-order valence-electron chi connectivity index (χ1n) is 12.5. The third-order valence-electron chi connectivity index (χ3n) is 7.73. The Bertz CT molecular complexity index is 1090. The standard InChI is InChI=1S/C31H33F3/c1-3-5-6-7-28-30(33)17-22(18-31(28)34)9-10-23-12-13-27(20-29(23)32)26-15-14-24-16-21(4-2)8-11-25(24)19-26/h3-5,12-13,17-18,20-21,24-26H,2,6-8,11,14-16,19H2,1H3/b5-3+. The average Bonchev–Trinajstić information content (AvgIpc) is 2.84. The van der Waals surface area contributed by atoms with Crippen LogP contribution in [0.5, 0.6) is 0 Å². The van der Waals surface area contributed by atoms with Crippen LogP contribution in [0.2, 0.25) is 0 Å². The highest BCUT2D eigenvalue weighted by atomic mass is 19.1. The van der Waals surface area contributed by atoms with Crippen LogP contribution < -0.4 is 0 Å². The quantitative estimate of drug-likeness (QED) is 0.309. The van der Waals surface area contributed by atoms with Crippen LogP contribution in [0.4, 0.5) is 13.2 Å². The van der Waals surface area contributed by atoms with Gasteiger partial charge in [0, 0.05) is 11.1 Å². The number of halogens is 3. The second-order valence-corrected chi connectivity index (χ2v) is 9.85. The second kappa shape index (κ2) is 11.1. The Balaban J connectivity index is 1.44. The molecule has 34 heavy (non-hydrogen) atoms. The van der Waals surface area contributed by atoms with E-state index in [0.29, 0.717) is 24.7 Å². The van der Waals surface area contributed by atoms with Crippen LogP contribution in [0.1, 0.15) is 80.0 Å². The van der Waals surface area contributed by atoms with E-state index < -0.39 is 11.6 Å². The molecule has 2 aromatic rings. The lowest BCUT2D eigenvalue weighted by Crippen LogP contribution is -2.30. The fourth-order valence-electron chi connectivity index (χ4n) is 5.78. The summed E-state index contributed by atoms with van der Waals surface area (Å²) in [6, 6.07) is 7.74. The molecule has 3 heteroatoms. The molecule has 2 aliphatic carbocycles. The van der Waals surface area contributed by atoms with Crippen molar-refractivity contribution in [1.29, 1.82) is 0 Å². The molecular weight excluding hydrogens is 429 g/mol. The van der Waals surface area contributed by atoms with Crippen LogP contribution in [-0.2, 0) is 6.42 Å². The van der Waals surface area contributed by atoms with Crippen LogP contribution in [0.3, 0.4) is 0 Å². The van der Waals surface area contributed by atoms with Crippen molar-refractivity contribution >= 4 is 0 Å². The number of benzene rings is 2. The fraction of sp³-hybridized carbons (Fsp3) is 0.419. The molecule has 4 atom stereocenters. The first kappa shape index (κ1) is 24.4. The molecule has 2 aromatic carbocycles. The van der Waals surface area contributed by atoms with Gasteiger partial charge in [-0.2, -0.15) is 0 Å². The lowest BCUT2D eigenvalue weighted by Gasteiger charge is -2.41. The minimum absolute atomic E-state index is 0.0619. The Morgan fingerprint density at radius 3 is 2.35 bits per heavy atom. The summed E-state index contributed by atoms with van der Waals surface area (Å²) in [4.78, 5) is 0. The Labute approximate surface area is 202 Å². The van der Waals surface area contributed by atoms with Gasteiger partial charge < -0.3 is 0 Å². The molecule has 2 saturated carbocycles. The molecule has 0 aromatic heterocycles. The molecule has 0 N–H and O–H groups in total. The summed E-state index contributed by atoms with van der Waals surface area (Å²) in [5.74, 6) is 6.45. The van der Waals surface area contributed by atoms with E-state index in [-0.39, 0.29) is 22.5 Å². The molecule has 0 heterocycles. The summed E-state index contributed by atoms with van der Waals surface area (Å²) in [6.07, 6.45) is 13.8. The maximum Gasteiger partial charge on any atom is 0.139 e. The minimum atomic E-state index is -0.609. The van der Waals surface area contributed by atoms with Gasteiger partial charge in [0.2, 0.25) is 0 Å². The number of hydrogen-bond acceptors (Lipinski definition) is 0. The van der Waals surface area contributed by atoms with Crippen molar-refractivity contribution in [2.45, 2.75) is 64.2 Å². The molecule has 0 saturated heterocycles. The largest absolute Gasteiger partial charge is 0.207 e. The SMILES string of the molecule is C=CC1CCC2CC(c3ccc(C#Cc4cc(F)c(CC/C=C/C)c(F)c4)c(F)c3)CCC2C1. The highest BCUT2D eigenvalue weighted by Crippen LogP contribution is 2.47. The van der Waals surface area contributed by atoms with Crippen LogP contribution in [-0.4, -0.2) is 0 Å². The van der Waals surface area contributed by atoms with E-state index in [0.717, 1.165) is 30.2 Å². The van der Waals surface area contributed by atoms with Crippen LogP contribution in [0.25, 0.3) is 0 Å². The smallest absolute Gasteiger partial charge is 0.139 e. The predicted octanol–water partition coefficient (Wildman–Crippen LogP) is 8.50. The summed E-state index contributed by atoms with van der Waals surface area (Å²) in [7, 11) is 0. The van der Waals surface area contributed by atoms with E-state index in [9.17, 15) is 13.2 Å². The lowest BCUT2D eigenvalue weighted by atomic mass is 9.64. The average molecular weight is 463 g/mol. The van der Waals surface area contributed by atoms with E-state index in [1.807, 2.05) is 25.1 Å². The van der Waals surface area contributed by atoms with Gasteiger partial charge in [-0.1, -0.05) is 36.1 Å². The molecule has 2 fully saturated rings. The molecule has 4 unspecified atom stereocenters. The number of hydrogen-bond donors (Lipinski definition) is 0. The molecule has 4 rings (SSSR count).